The molecule has 0 aliphatic carbocycles. The number of hydrogen-bond acceptors (Lipinski definition) is 5. The maximum absolute atomic E-state index is 12.9. The molecule has 0 aliphatic rings. The number of aromatic nitrogens is 3. The van der Waals surface area contributed by atoms with E-state index in [9.17, 15) is 13.2 Å². The van der Waals surface area contributed by atoms with Crippen LogP contribution < -0.4 is 0 Å². The van der Waals surface area contributed by atoms with Crippen LogP contribution in [0.3, 0.4) is 0 Å². The van der Waals surface area contributed by atoms with E-state index in [2.05, 4.69) is 15.2 Å². The van der Waals surface area contributed by atoms with Gasteiger partial charge in [-0.1, -0.05) is 25.1 Å². The first-order valence-electron chi connectivity index (χ1n) is 7.08. The molecule has 0 aliphatic heterocycles. The lowest BCUT2D eigenvalue weighted by Gasteiger charge is -2.09. The van der Waals surface area contributed by atoms with Gasteiger partial charge >= 0.3 is 6.18 Å². The molecule has 3 aromatic rings. The first kappa shape index (κ1) is 16.5. The highest BCUT2D eigenvalue weighted by Gasteiger charge is 2.32. The molecule has 124 valence electrons. The van der Waals surface area contributed by atoms with Crippen LogP contribution in [0, 0.1) is 0 Å². The molecule has 0 saturated carbocycles. The Morgan fingerprint density at radius 1 is 1.08 bits per heavy atom. The van der Waals surface area contributed by atoms with E-state index in [1.54, 1.807) is 12.1 Å². The van der Waals surface area contributed by atoms with Gasteiger partial charge in [-0.2, -0.15) is 13.2 Å². The van der Waals surface area contributed by atoms with Crippen molar-refractivity contribution in [3.63, 3.8) is 0 Å². The monoisotopic (exact) mass is 351 g/mol. The molecule has 2 heterocycles. The van der Waals surface area contributed by atoms with Gasteiger partial charge < -0.3 is 4.42 Å². The van der Waals surface area contributed by atoms with Crippen LogP contribution in [0.25, 0.3) is 23.0 Å². The Labute approximate surface area is 140 Å². The van der Waals surface area contributed by atoms with Gasteiger partial charge in [0, 0.05) is 16.7 Å². The molecular formula is C16H12F3N3OS. The van der Waals surface area contributed by atoms with Crippen LogP contribution in [0.4, 0.5) is 13.2 Å². The van der Waals surface area contributed by atoms with E-state index in [1.807, 2.05) is 25.1 Å². The summed E-state index contributed by atoms with van der Waals surface area (Å²) in [6, 6.07) is 10.2. The summed E-state index contributed by atoms with van der Waals surface area (Å²) in [5, 5.41) is 7.87. The van der Waals surface area contributed by atoms with Crippen LogP contribution >= 0.6 is 11.8 Å². The summed E-state index contributed by atoms with van der Waals surface area (Å²) < 4.78 is 44.2. The third-order valence-corrected chi connectivity index (χ3v) is 4.04. The lowest BCUT2D eigenvalue weighted by molar-refractivity contribution is -0.138. The SMILES string of the molecule is CCSc1cc(C(F)(F)F)cnc1-c1nnc(-c2ccccc2)o1. The fraction of sp³-hybridized carbons (Fsp3) is 0.188. The predicted molar refractivity (Wildman–Crippen MR) is 84.4 cm³/mol. The van der Waals surface area contributed by atoms with Gasteiger partial charge in [0.25, 0.3) is 5.89 Å². The maximum Gasteiger partial charge on any atom is 0.417 e. The summed E-state index contributed by atoms with van der Waals surface area (Å²) >= 11 is 1.24. The third kappa shape index (κ3) is 3.43. The second-order valence-electron chi connectivity index (χ2n) is 4.78. The minimum absolute atomic E-state index is 0.0959. The first-order valence-corrected chi connectivity index (χ1v) is 8.07. The zero-order chi connectivity index (χ0) is 17.2. The Bertz CT molecular complexity index is 834. The Morgan fingerprint density at radius 2 is 1.79 bits per heavy atom. The van der Waals surface area contributed by atoms with E-state index in [0.717, 1.165) is 17.8 Å². The van der Waals surface area contributed by atoms with Gasteiger partial charge in [-0.15, -0.1) is 22.0 Å². The van der Waals surface area contributed by atoms with E-state index < -0.39 is 11.7 Å². The van der Waals surface area contributed by atoms with Gasteiger partial charge in [-0.3, -0.25) is 0 Å². The quantitative estimate of drug-likeness (QED) is 0.624. The Kier molecular flexibility index (Phi) is 4.57. The first-order chi connectivity index (χ1) is 11.5. The minimum atomic E-state index is -4.45. The van der Waals surface area contributed by atoms with Crippen molar-refractivity contribution in [1.29, 1.82) is 0 Å². The van der Waals surface area contributed by atoms with Crippen LogP contribution in [0.1, 0.15) is 12.5 Å². The molecule has 0 saturated heterocycles. The minimum Gasteiger partial charge on any atom is -0.415 e. The Balaban J connectivity index is 2.01. The maximum atomic E-state index is 12.9. The Morgan fingerprint density at radius 3 is 2.46 bits per heavy atom. The van der Waals surface area contributed by atoms with E-state index in [4.69, 9.17) is 4.42 Å². The summed E-state index contributed by atoms with van der Waals surface area (Å²) in [4.78, 5) is 4.26. The fourth-order valence-electron chi connectivity index (χ4n) is 2.04. The van der Waals surface area contributed by atoms with Crippen LogP contribution in [0.15, 0.2) is 51.9 Å². The number of thioether (sulfide) groups is 1. The van der Waals surface area contributed by atoms with E-state index >= 15 is 0 Å². The fourth-order valence-corrected chi connectivity index (χ4v) is 2.84. The number of nitrogens with zero attached hydrogens (tertiary/aromatic N) is 3. The highest BCUT2D eigenvalue weighted by atomic mass is 32.2. The Hall–Kier alpha value is -2.35. The molecule has 0 fully saturated rings. The van der Waals surface area contributed by atoms with Crippen LogP contribution in [-0.2, 0) is 6.18 Å². The normalized spacial score (nSPS) is 11.7. The molecule has 0 N–H and O–H groups in total. The van der Waals surface area contributed by atoms with Crippen molar-refractivity contribution in [3.8, 4) is 23.0 Å². The third-order valence-electron chi connectivity index (χ3n) is 3.13. The van der Waals surface area contributed by atoms with Gasteiger partial charge in [0.2, 0.25) is 5.89 Å². The average Bonchev–Trinajstić information content (AvgIpc) is 3.05. The molecule has 0 atom stereocenters. The zero-order valence-corrected chi connectivity index (χ0v) is 13.4. The second kappa shape index (κ2) is 6.64. The van der Waals surface area contributed by atoms with Crippen molar-refractivity contribution in [1.82, 2.24) is 15.2 Å². The van der Waals surface area contributed by atoms with Gasteiger partial charge in [-0.25, -0.2) is 4.98 Å². The molecule has 3 rings (SSSR count). The lowest BCUT2D eigenvalue weighted by Crippen LogP contribution is -2.06. The molecule has 24 heavy (non-hydrogen) atoms. The summed E-state index contributed by atoms with van der Waals surface area (Å²) in [6.45, 7) is 1.85. The molecule has 8 heteroatoms. The topological polar surface area (TPSA) is 51.8 Å². The highest BCUT2D eigenvalue weighted by Crippen LogP contribution is 2.36. The molecule has 0 bridgehead atoms. The van der Waals surface area contributed by atoms with Gasteiger partial charge in [0.05, 0.1) is 5.56 Å². The molecular weight excluding hydrogens is 339 g/mol. The smallest absolute Gasteiger partial charge is 0.415 e. The van der Waals surface area contributed by atoms with Crippen LogP contribution in [0.2, 0.25) is 0 Å². The average molecular weight is 351 g/mol. The number of rotatable bonds is 4. The molecule has 0 amide bonds. The molecule has 0 spiro atoms. The van der Waals surface area contributed by atoms with Crippen molar-refractivity contribution in [2.24, 2.45) is 0 Å². The summed E-state index contributed by atoms with van der Waals surface area (Å²) in [6.07, 6.45) is -3.67. The van der Waals surface area contributed by atoms with Crippen molar-refractivity contribution in [2.75, 3.05) is 5.75 Å². The number of benzene rings is 1. The highest BCUT2D eigenvalue weighted by molar-refractivity contribution is 7.99. The second-order valence-corrected chi connectivity index (χ2v) is 6.09. The zero-order valence-electron chi connectivity index (χ0n) is 12.5. The van der Waals surface area contributed by atoms with Crippen molar-refractivity contribution < 1.29 is 17.6 Å². The number of alkyl halides is 3. The summed E-state index contributed by atoms with van der Waals surface area (Å²) in [5.74, 6) is 0.980. The molecule has 2 aromatic heterocycles. The number of halogens is 3. The largest absolute Gasteiger partial charge is 0.417 e. The van der Waals surface area contributed by atoms with Crippen LogP contribution in [-0.4, -0.2) is 20.9 Å². The molecule has 1 aromatic carbocycles. The van der Waals surface area contributed by atoms with E-state index in [-0.39, 0.29) is 11.6 Å². The molecule has 4 nitrogen and oxygen atoms in total. The summed E-state index contributed by atoms with van der Waals surface area (Å²) in [7, 11) is 0. The van der Waals surface area contributed by atoms with Crippen LogP contribution in [0.5, 0.6) is 0 Å². The molecule has 0 unspecified atom stereocenters. The number of pyridine rings is 1. The van der Waals surface area contributed by atoms with Gasteiger partial charge in [0.15, 0.2) is 0 Å². The van der Waals surface area contributed by atoms with Gasteiger partial charge in [0.1, 0.15) is 5.69 Å². The molecule has 0 radical (unpaired) electrons. The standard InChI is InChI=1S/C16H12F3N3OS/c1-2-24-12-8-11(16(17,18)19)9-20-13(12)15-22-21-14(23-15)10-6-4-3-5-7-10/h3-9H,2H2,1H3. The summed E-state index contributed by atoms with van der Waals surface area (Å²) in [5.41, 5.74) is 0.183. The lowest BCUT2D eigenvalue weighted by atomic mass is 10.2. The van der Waals surface area contributed by atoms with E-state index in [1.165, 1.54) is 11.8 Å². The number of hydrogen-bond donors (Lipinski definition) is 0. The predicted octanol–water partition coefficient (Wildman–Crippen LogP) is 4.93. The van der Waals surface area contributed by atoms with Crippen molar-refractivity contribution in [2.45, 2.75) is 18.0 Å². The van der Waals surface area contributed by atoms with Crippen molar-refractivity contribution >= 4 is 11.8 Å². The van der Waals surface area contributed by atoms with Crippen molar-refractivity contribution in [3.05, 3.63) is 48.2 Å². The van der Waals surface area contributed by atoms with Gasteiger partial charge in [-0.05, 0) is 24.0 Å². The van der Waals surface area contributed by atoms with E-state index in [0.29, 0.717) is 16.5 Å².